The van der Waals surface area contributed by atoms with E-state index in [0.717, 1.165) is 28.7 Å². The molecule has 1 amide bonds. The molecule has 21 heavy (non-hydrogen) atoms. The van der Waals surface area contributed by atoms with E-state index in [2.05, 4.69) is 26.9 Å². The fourth-order valence-electron chi connectivity index (χ4n) is 2.50. The third-order valence-corrected chi connectivity index (χ3v) is 4.93. The highest BCUT2D eigenvalue weighted by atomic mass is 79.9. The van der Waals surface area contributed by atoms with Gasteiger partial charge in [0.25, 0.3) is 5.91 Å². The molecule has 2 rings (SSSR count). The number of aryl methyl sites for hydroxylation is 1. The number of rotatable bonds is 2. The standard InChI is InChI=1S/C16H20BrN3O/c1-12-10-13(4-5-14(12)17)15(21)19-6-8-20(9-7-19)16(2,3)11-18/h4-5,10H,6-9H2,1-3H3. The highest BCUT2D eigenvalue weighted by molar-refractivity contribution is 9.10. The van der Waals surface area contributed by atoms with Crippen molar-refractivity contribution in [1.82, 2.24) is 9.80 Å². The molecule has 1 saturated heterocycles. The second kappa shape index (κ2) is 6.17. The van der Waals surface area contributed by atoms with Crippen molar-refractivity contribution >= 4 is 21.8 Å². The van der Waals surface area contributed by atoms with E-state index in [1.807, 2.05) is 43.9 Å². The third kappa shape index (κ3) is 3.45. The van der Waals surface area contributed by atoms with E-state index in [4.69, 9.17) is 0 Å². The van der Waals surface area contributed by atoms with Crippen molar-refractivity contribution in [3.63, 3.8) is 0 Å². The van der Waals surface area contributed by atoms with E-state index < -0.39 is 5.54 Å². The van der Waals surface area contributed by atoms with Gasteiger partial charge < -0.3 is 4.90 Å². The average molecular weight is 350 g/mol. The molecule has 0 aliphatic carbocycles. The number of amides is 1. The maximum atomic E-state index is 12.5. The first-order valence-corrected chi connectivity index (χ1v) is 7.86. The summed E-state index contributed by atoms with van der Waals surface area (Å²) in [5.74, 6) is 0.0695. The van der Waals surface area contributed by atoms with Gasteiger partial charge >= 0.3 is 0 Å². The summed E-state index contributed by atoms with van der Waals surface area (Å²) in [4.78, 5) is 16.5. The molecular weight excluding hydrogens is 330 g/mol. The largest absolute Gasteiger partial charge is 0.336 e. The molecule has 5 heteroatoms. The predicted molar refractivity (Wildman–Crippen MR) is 86.0 cm³/mol. The average Bonchev–Trinajstić information content (AvgIpc) is 2.49. The second-order valence-corrected chi connectivity index (χ2v) is 6.77. The molecular formula is C16H20BrN3O. The highest BCUT2D eigenvalue weighted by Crippen LogP contribution is 2.20. The Balaban J connectivity index is 2.04. The highest BCUT2D eigenvalue weighted by Gasteiger charge is 2.31. The number of carbonyl (C=O) groups excluding carboxylic acids is 1. The maximum absolute atomic E-state index is 12.5. The minimum atomic E-state index is -0.469. The van der Waals surface area contributed by atoms with Gasteiger partial charge in [0.1, 0.15) is 5.54 Å². The van der Waals surface area contributed by atoms with Crippen LogP contribution in [-0.4, -0.2) is 47.4 Å². The fourth-order valence-corrected chi connectivity index (χ4v) is 2.75. The van der Waals surface area contributed by atoms with Crippen molar-refractivity contribution in [1.29, 1.82) is 5.26 Å². The van der Waals surface area contributed by atoms with Crippen molar-refractivity contribution < 1.29 is 4.79 Å². The van der Waals surface area contributed by atoms with Crippen LogP contribution in [0.15, 0.2) is 22.7 Å². The Bertz CT molecular complexity index is 584. The van der Waals surface area contributed by atoms with Crippen LogP contribution in [0.25, 0.3) is 0 Å². The van der Waals surface area contributed by atoms with Crippen molar-refractivity contribution in [2.75, 3.05) is 26.2 Å². The lowest BCUT2D eigenvalue weighted by molar-refractivity contribution is 0.0521. The molecule has 1 aliphatic heterocycles. The van der Waals surface area contributed by atoms with Crippen LogP contribution in [0.3, 0.4) is 0 Å². The summed E-state index contributed by atoms with van der Waals surface area (Å²) in [6, 6.07) is 8.00. The van der Waals surface area contributed by atoms with Crippen LogP contribution >= 0.6 is 15.9 Å². The van der Waals surface area contributed by atoms with E-state index in [9.17, 15) is 10.1 Å². The van der Waals surface area contributed by atoms with Gasteiger partial charge in [0, 0.05) is 36.2 Å². The van der Waals surface area contributed by atoms with Crippen LogP contribution in [-0.2, 0) is 0 Å². The monoisotopic (exact) mass is 349 g/mol. The molecule has 1 fully saturated rings. The first-order valence-electron chi connectivity index (χ1n) is 7.07. The SMILES string of the molecule is Cc1cc(C(=O)N2CCN(C(C)(C)C#N)CC2)ccc1Br. The van der Waals surface area contributed by atoms with Gasteiger partial charge in [0.15, 0.2) is 0 Å². The quantitative estimate of drug-likeness (QED) is 0.824. The summed E-state index contributed by atoms with van der Waals surface area (Å²) in [5.41, 5.74) is 1.32. The zero-order chi connectivity index (χ0) is 15.6. The van der Waals surface area contributed by atoms with Crippen LogP contribution in [0.1, 0.15) is 29.8 Å². The first-order chi connectivity index (χ1) is 9.85. The van der Waals surface area contributed by atoms with Crippen LogP contribution < -0.4 is 0 Å². The summed E-state index contributed by atoms with van der Waals surface area (Å²) in [6.45, 7) is 8.63. The molecule has 0 radical (unpaired) electrons. The predicted octanol–water partition coefficient (Wildman–Crippen LogP) is 2.82. The van der Waals surface area contributed by atoms with Crippen LogP contribution in [0.4, 0.5) is 0 Å². The summed E-state index contributed by atoms with van der Waals surface area (Å²) in [6.07, 6.45) is 0. The molecule has 1 aliphatic rings. The van der Waals surface area contributed by atoms with Crippen molar-refractivity contribution in [2.45, 2.75) is 26.3 Å². The van der Waals surface area contributed by atoms with Gasteiger partial charge in [-0.2, -0.15) is 5.26 Å². The Hall–Kier alpha value is -1.38. The molecule has 0 N–H and O–H groups in total. The van der Waals surface area contributed by atoms with Crippen molar-refractivity contribution in [3.05, 3.63) is 33.8 Å². The van der Waals surface area contributed by atoms with Gasteiger partial charge in [-0.3, -0.25) is 9.69 Å². The van der Waals surface area contributed by atoms with Crippen LogP contribution in [0.2, 0.25) is 0 Å². The van der Waals surface area contributed by atoms with Crippen molar-refractivity contribution in [2.24, 2.45) is 0 Å². The summed E-state index contributed by atoms with van der Waals surface area (Å²) >= 11 is 3.45. The van der Waals surface area contributed by atoms with Crippen LogP contribution in [0.5, 0.6) is 0 Å². The molecule has 1 heterocycles. The summed E-state index contributed by atoms with van der Waals surface area (Å²) in [7, 11) is 0. The minimum Gasteiger partial charge on any atom is -0.336 e. The molecule has 0 bridgehead atoms. The molecule has 0 aromatic heterocycles. The number of piperazine rings is 1. The van der Waals surface area contributed by atoms with E-state index in [0.29, 0.717) is 13.1 Å². The Labute approximate surface area is 134 Å². The topological polar surface area (TPSA) is 47.3 Å². The van der Waals surface area contributed by atoms with Gasteiger partial charge in [0.2, 0.25) is 0 Å². The number of hydrogen-bond acceptors (Lipinski definition) is 3. The van der Waals surface area contributed by atoms with Gasteiger partial charge in [-0.15, -0.1) is 0 Å². The van der Waals surface area contributed by atoms with E-state index in [1.54, 1.807) is 0 Å². The first kappa shape index (κ1) is 16.0. The van der Waals surface area contributed by atoms with E-state index >= 15 is 0 Å². The number of halogens is 1. The maximum Gasteiger partial charge on any atom is 0.253 e. The lowest BCUT2D eigenvalue weighted by Crippen LogP contribution is -2.55. The Morgan fingerprint density at radius 3 is 2.43 bits per heavy atom. The second-order valence-electron chi connectivity index (χ2n) is 5.91. The molecule has 0 unspecified atom stereocenters. The third-order valence-electron chi connectivity index (χ3n) is 4.04. The smallest absolute Gasteiger partial charge is 0.253 e. The molecule has 4 nitrogen and oxygen atoms in total. The molecule has 0 atom stereocenters. The molecule has 1 aromatic carbocycles. The number of nitriles is 1. The van der Waals surface area contributed by atoms with E-state index in [1.165, 1.54) is 0 Å². The van der Waals surface area contributed by atoms with E-state index in [-0.39, 0.29) is 5.91 Å². The van der Waals surface area contributed by atoms with Gasteiger partial charge in [-0.1, -0.05) is 15.9 Å². The lowest BCUT2D eigenvalue weighted by Gasteiger charge is -2.40. The number of benzene rings is 1. The number of hydrogen-bond donors (Lipinski definition) is 0. The van der Waals surface area contributed by atoms with Gasteiger partial charge in [-0.25, -0.2) is 0 Å². The molecule has 0 saturated carbocycles. The summed E-state index contributed by atoms with van der Waals surface area (Å²) in [5, 5.41) is 9.18. The Morgan fingerprint density at radius 1 is 1.29 bits per heavy atom. The molecule has 112 valence electrons. The van der Waals surface area contributed by atoms with Gasteiger partial charge in [-0.05, 0) is 44.5 Å². The lowest BCUT2D eigenvalue weighted by atomic mass is 10.0. The number of nitrogens with zero attached hydrogens (tertiary/aromatic N) is 3. The normalized spacial score (nSPS) is 16.6. The molecule has 0 spiro atoms. The van der Waals surface area contributed by atoms with Gasteiger partial charge in [0.05, 0.1) is 6.07 Å². The van der Waals surface area contributed by atoms with Crippen molar-refractivity contribution in [3.8, 4) is 6.07 Å². The summed E-state index contributed by atoms with van der Waals surface area (Å²) < 4.78 is 1.01. The molecule has 1 aromatic rings. The van der Waals surface area contributed by atoms with Crippen LogP contribution in [0, 0.1) is 18.3 Å². The zero-order valence-corrected chi connectivity index (χ0v) is 14.3. The minimum absolute atomic E-state index is 0.0695. The Morgan fingerprint density at radius 2 is 1.90 bits per heavy atom. The fraction of sp³-hybridized carbons (Fsp3) is 0.500. The Kier molecular flexibility index (Phi) is 4.70. The number of carbonyl (C=O) groups is 1. The zero-order valence-electron chi connectivity index (χ0n) is 12.7.